The minimum Gasteiger partial charge on any atom is -0.353 e. The first kappa shape index (κ1) is 15.5. The van der Waals surface area contributed by atoms with E-state index in [2.05, 4.69) is 5.32 Å². The molecule has 1 aromatic carbocycles. The lowest BCUT2D eigenvalue weighted by Gasteiger charge is -2.32. The number of nitrogens with one attached hydrogen (secondary N) is 1. The summed E-state index contributed by atoms with van der Waals surface area (Å²) in [5.74, 6) is -0.0645. The van der Waals surface area contributed by atoms with E-state index in [0.717, 1.165) is 12.1 Å². The summed E-state index contributed by atoms with van der Waals surface area (Å²) in [6.45, 7) is 4.04. The molecule has 0 bridgehead atoms. The molecule has 1 unspecified atom stereocenters. The molecular weight excluding hydrogens is 266 g/mol. The summed E-state index contributed by atoms with van der Waals surface area (Å²) >= 11 is 0. The Morgan fingerprint density at radius 1 is 1.38 bits per heavy atom. The Balaban J connectivity index is 1.92. The molecule has 21 heavy (non-hydrogen) atoms. The van der Waals surface area contributed by atoms with Gasteiger partial charge in [-0.3, -0.25) is 14.5 Å². The van der Waals surface area contributed by atoms with Crippen LogP contribution in [0, 0.1) is 6.92 Å². The number of nitrogens with zero attached hydrogens (tertiary/aromatic N) is 2. The SMILES string of the molecule is Cc1ccc(CN(C)C(=O)CC2C(=O)NCCN2C)cc1. The quantitative estimate of drug-likeness (QED) is 0.891. The highest BCUT2D eigenvalue weighted by Gasteiger charge is 2.29. The summed E-state index contributed by atoms with van der Waals surface area (Å²) in [5.41, 5.74) is 2.30. The normalized spacial score (nSPS) is 19.2. The molecule has 114 valence electrons. The van der Waals surface area contributed by atoms with Gasteiger partial charge in [-0.2, -0.15) is 0 Å². The number of amides is 2. The lowest BCUT2D eigenvalue weighted by atomic mass is 10.1. The van der Waals surface area contributed by atoms with Crippen molar-refractivity contribution in [3.63, 3.8) is 0 Å². The fourth-order valence-electron chi connectivity index (χ4n) is 2.45. The Morgan fingerprint density at radius 3 is 2.67 bits per heavy atom. The molecule has 0 saturated carbocycles. The molecule has 1 N–H and O–H groups in total. The number of piperazine rings is 1. The number of hydrogen-bond acceptors (Lipinski definition) is 3. The lowest BCUT2D eigenvalue weighted by molar-refractivity contribution is -0.137. The van der Waals surface area contributed by atoms with Crippen LogP contribution in [0.25, 0.3) is 0 Å². The van der Waals surface area contributed by atoms with Gasteiger partial charge in [0.25, 0.3) is 0 Å². The van der Waals surface area contributed by atoms with Gasteiger partial charge >= 0.3 is 0 Å². The highest BCUT2D eigenvalue weighted by atomic mass is 16.2. The van der Waals surface area contributed by atoms with Crippen LogP contribution in [0.1, 0.15) is 17.5 Å². The zero-order valence-electron chi connectivity index (χ0n) is 12.9. The van der Waals surface area contributed by atoms with Crippen molar-refractivity contribution < 1.29 is 9.59 Å². The predicted molar refractivity (Wildman–Crippen MR) is 81.7 cm³/mol. The fourth-order valence-corrected chi connectivity index (χ4v) is 2.45. The molecule has 1 aliphatic heterocycles. The first-order valence-electron chi connectivity index (χ1n) is 7.25. The molecule has 2 rings (SSSR count). The van der Waals surface area contributed by atoms with Gasteiger partial charge in [0.1, 0.15) is 0 Å². The molecule has 1 aliphatic rings. The van der Waals surface area contributed by atoms with Gasteiger partial charge in [0, 0.05) is 26.7 Å². The Kier molecular flexibility index (Phi) is 4.96. The molecule has 1 fully saturated rings. The monoisotopic (exact) mass is 289 g/mol. The summed E-state index contributed by atoms with van der Waals surface area (Å²) in [6, 6.07) is 7.77. The van der Waals surface area contributed by atoms with Crippen molar-refractivity contribution in [1.82, 2.24) is 15.1 Å². The van der Waals surface area contributed by atoms with Gasteiger partial charge in [-0.15, -0.1) is 0 Å². The van der Waals surface area contributed by atoms with E-state index in [4.69, 9.17) is 0 Å². The van der Waals surface area contributed by atoms with Gasteiger partial charge in [0.05, 0.1) is 12.5 Å². The van der Waals surface area contributed by atoms with Crippen LogP contribution in [-0.2, 0) is 16.1 Å². The van der Waals surface area contributed by atoms with Crippen LogP contribution in [0.4, 0.5) is 0 Å². The number of likely N-dealkylation sites (N-methyl/N-ethyl adjacent to an activating group) is 1. The second-order valence-electron chi connectivity index (χ2n) is 5.73. The zero-order chi connectivity index (χ0) is 15.4. The zero-order valence-corrected chi connectivity index (χ0v) is 12.9. The maximum absolute atomic E-state index is 12.3. The number of benzene rings is 1. The van der Waals surface area contributed by atoms with E-state index in [1.807, 2.05) is 43.1 Å². The van der Waals surface area contributed by atoms with E-state index >= 15 is 0 Å². The van der Waals surface area contributed by atoms with E-state index in [9.17, 15) is 9.59 Å². The van der Waals surface area contributed by atoms with Crippen molar-refractivity contribution in [2.24, 2.45) is 0 Å². The van der Waals surface area contributed by atoms with Crippen LogP contribution >= 0.6 is 0 Å². The van der Waals surface area contributed by atoms with Gasteiger partial charge in [-0.25, -0.2) is 0 Å². The van der Waals surface area contributed by atoms with Crippen LogP contribution in [0.15, 0.2) is 24.3 Å². The Labute approximate surface area is 125 Å². The van der Waals surface area contributed by atoms with Crippen molar-refractivity contribution in [2.75, 3.05) is 27.2 Å². The molecular formula is C16H23N3O2. The number of carbonyl (C=O) groups is 2. The van der Waals surface area contributed by atoms with Crippen molar-refractivity contribution >= 4 is 11.8 Å². The van der Waals surface area contributed by atoms with E-state index < -0.39 is 0 Å². The van der Waals surface area contributed by atoms with Gasteiger partial charge in [-0.05, 0) is 19.5 Å². The number of hydrogen-bond donors (Lipinski definition) is 1. The van der Waals surface area contributed by atoms with Crippen LogP contribution in [-0.4, -0.2) is 54.8 Å². The smallest absolute Gasteiger partial charge is 0.237 e. The minimum absolute atomic E-state index is 0.00975. The maximum atomic E-state index is 12.3. The summed E-state index contributed by atoms with van der Waals surface area (Å²) in [6.07, 6.45) is 0.227. The minimum atomic E-state index is -0.355. The van der Waals surface area contributed by atoms with Crippen molar-refractivity contribution in [1.29, 1.82) is 0 Å². The fraction of sp³-hybridized carbons (Fsp3) is 0.500. The maximum Gasteiger partial charge on any atom is 0.237 e. The Bertz CT molecular complexity index is 513. The molecule has 0 aromatic heterocycles. The number of aryl methyl sites for hydroxylation is 1. The molecule has 1 aromatic rings. The summed E-state index contributed by atoms with van der Waals surface area (Å²) in [4.78, 5) is 27.7. The third kappa shape index (κ3) is 4.04. The molecule has 0 aliphatic carbocycles. The second kappa shape index (κ2) is 6.72. The predicted octanol–water partition coefficient (Wildman–Crippen LogP) is 0.774. The molecule has 0 radical (unpaired) electrons. The van der Waals surface area contributed by atoms with Gasteiger partial charge in [-0.1, -0.05) is 29.8 Å². The van der Waals surface area contributed by atoms with Gasteiger partial charge < -0.3 is 10.2 Å². The van der Waals surface area contributed by atoms with Gasteiger partial charge in [0.15, 0.2) is 0 Å². The highest BCUT2D eigenvalue weighted by molar-refractivity contribution is 5.88. The molecule has 1 heterocycles. The Hall–Kier alpha value is -1.88. The van der Waals surface area contributed by atoms with Crippen LogP contribution < -0.4 is 5.32 Å². The van der Waals surface area contributed by atoms with Crippen LogP contribution in [0.3, 0.4) is 0 Å². The van der Waals surface area contributed by atoms with E-state index in [0.29, 0.717) is 13.1 Å². The third-order valence-corrected chi connectivity index (χ3v) is 3.93. The van der Waals surface area contributed by atoms with Crippen molar-refractivity contribution in [3.8, 4) is 0 Å². The molecule has 5 heteroatoms. The molecule has 1 saturated heterocycles. The van der Waals surface area contributed by atoms with E-state index in [-0.39, 0.29) is 24.3 Å². The molecule has 5 nitrogen and oxygen atoms in total. The largest absolute Gasteiger partial charge is 0.353 e. The first-order chi connectivity index (χ1) is 9.97. The standard InChI is InChI=1S/C16H23N3O2/c1-12-4-6-13(7-5-12)11-19(3)15(20)10-14-16(21)17-8-9-18(14)2/h4-7,14H,8-11H2,1-3H3,(H,17,21). The average molecular weight is 289 g/mol. The Morgan fingerprint density at radius 2 is 2.05 bits per heavy atom. The summed E-state index contributed by atoms with van der Waals surface area (Å²) < 4.78 is 0. The molecule has 2 amide bonds. The third-order valence-electron chi connectivity index (χ3n) is 3.93. The van der Waals surface area contributed by atoms with Crippen molar-refractivity contribution in [2.45, 2.75) is 25.9 Å². The summed E-state index contributed by atoms with van der Waals surface area (Å²) in [7, 11) is 3.67. The number of carbonyl (C=O) groups excluding carboxylic acids is 2. The number of rotatable bonds is 4. The lowest BCUT2D eigenvalue weighted by Crippen LogP contribution is -2.54. The van der Waals surface area contributed by atoms with E-state index in [1.165, 1.54) is 5.56 Å². The van der Waals surface area contributed by atoms with E-state index in [1.54, 1.807) is 11.9 Å². The van der Waals surface area contributed by atoms with Crippen LogP contribution in [0.5, 0.6) is 0 Å². The summed E-state index contributed by atoms with van der Waals surface area (Å²) in [5, 5.41) is 2.81. The molecule has 0 spiro atoms. The second-order valence-corrected chi connectivity index (χ2v) is 5.73. The first-order valence-corrected chi connectivity index (χ1v) is 7.25. The topological polar surface area (TPSA) is 52.7 Å². The highest BCUT2D eigenvalue weighted by Crippen LogP contribution is 2.11. The van der Waals surface area contributed by atoms with Gasteiger partial charge in [0.2, 0.25) is 11.8 Å². The van der Waals surface area contributed by atoms with Crippen LogP contribution in [0.2, 0.25) is 0 Å². The molecule has 1 atom stereocenters. The average Bonchev–Trinajstić information content (AvgIpc) is 2.45. The van der Waals surface area contributed by atoms with Crippen molar-refractivity contribution in [3.05, 3.63) is 35.4 Å².